The molecule has 0 bridgehead atoms. The molecule has 0 fully saturated rings. The van der Waals surface area contributed by atoms with Crippen LogP contribution in [0.25, 0.3) is 116 Å². The summed E-state index contributed by atoms with van der Waals surface area (Å²) in [6, 6.07) is 59.5. The number of allylic oxidation sites excluding steroid dienone is 5. The summed E-state index contributed by atoms with van der Waals surface area (Å²) in [5.74, 6) is 0.644. The first kappa shape index (κ1) is 40.2. The van der Waals surface area contributed by atoms with Gasteiger partial charge in [0.25, 0.3) is 0 Å². The molecular formula is C60H44N6. The van der Waals surface area contributed by atoms with E-state index < -0.39 is 0 Å². The standard InChI is InChI=1S/C60H44N6/c1-5-14-38(15-6-2)54-36-55(66-60(65-54)40-16-8-7-9-17-40)51-31-27-43-34-41(25-29-49(43)62-51)42-26-30-50-44(35-42)28-33-52(63-50)56-45-18-10-12-20-47(45)57(48-21-13-11-19-46(48)56)53-32-24-39-23-22-37(3)58(61-4)59(39)64-53/h5-36,61H,1H2,2-4H3/b15-6-,38-14+. The Morgan fingerprint density at radius 2 is 1.05 bits per heavy atom. The van der Waals surface area contributed by atoms with Crippen molar-refractivity contribution < 1.29 is 0 Å². The molecule has 6 heteroatoms. The van der Waals surface area contributed by atoms with E-state index >= 15 is 0 Å². The second-order valence-electron chi connectivity index (χ2n) is 16.5. The summed E-state index contributed by atoms with van der Waals surface area (Å²) in [4.78, 5) is 25.8. The molecule has 0 radical (unpaired) electrons. The van der Waals surface area contributed by atoms with E-state index in [2.05, 4.69) is 146 Å². The van der Waals surface area contributed by atoms with Crippen molar-refractivity contribution in [1.29, 1.82) is 0 Å². The van der Waals surface area contributed by atoms with Crippen LogP contribution in [0, 0.1) is 6.92 Å². The Bertz CT molecular complexity index is 3740. The molecular weight excluding hydrogens is 805 g/mol. The predicted molar refractivity (Wildman–Crippen MR) is 277 cm³/mol. The average Bonchev–Trinajstić information content (AvgIpc) is 3.37. The fourth-order valence-electron chi connectivity index (χ4n) is 9.29. The van der Waals surface area contributed by atoms with Crippen LogP contribution in [0.2, 0.25) is 0 Å². The Hall–Kier alpha value is -8.61. The van der Waals surface area contributed by atoms with E-state index in [1.165, 1.54) is 5.56 Å². The van der Waals surface area contributed by atoms with Gasteiger partial charge in [-0.3, -0.25) is 0 Å². The molecule has 11 aromatic rings. The van der Waals surface area contributed by atoms with Crippen molar-refractivity contribution in [3.05, 3.63) is 212 Å². The SMILES string of the molecule is C=C/C=C(\C=C/C)c1cc(-c2ccc3cc(-c4ccc5nc(-c6c7ccccc7c(-c7ccc8ccc(C)c(NC)c8n7)c7ccccc67)ccc5c4)ccc3n2)nc(-c2ccccc2)n1. The number of aromatic nitrogens is 5. The van der Waals surface area contributed by atoms with E-state index in [-0.39, 0.29) is 0 Å². The second-order valence-corrected chi connectivity index (χ2v) is 16.5. The fraction of sp³-hybridized carbons (Fsp3) is 0.0500. The molecule has 0 saturated heterocycles. The predicted octanol–water partition coefficient (Wildman–Crippen LogP) is 15.3. The van der Waals surface area contributed by atoms with Gasteiger partial charge in [-0.05, 0) is 106 Å². The normalized spacial score (nSPS) is 12.0. The van der Waals surface area contributed by atoms with Crippen LogP contribution in [0.5, 0.6) is 0 Å². The third-order valence-corrected chi connectivity index (χ3v) is 12.4. The summed E-state index contributed by atoms with van der Waals surface area (Å²) in [5.41, 5.74) is 15.6. The molecule has 4 heterocycles. The van der Waals surface area contributed by atoms with Gasteiger partial charge in [0.15, 0.2) is 5.82 Å². The van der Waals surface area contributed by atoms with Crippen LogP contribution < -0.4 is 5.32 Å². The first-order valence-corrected chi connectivity index (χ1v) is 22.2. The van der Waals surface area contributed by atoms with E-state index in [0.717, 1.165) is 122 Å². The van der Waals surface area contributed by atoms with Crippen LogP contribution in [0.1, 0.15) is 18.2 Å². The van der Waals surface area contributed by atoms with Crippen molar-refractivity contribution in [1.82, 2.24) is 24.9 Å². The zero-order chi connectivity index (χ0) is 44.7. The number of aryl methyl sites for hydroxylation is 1. The second kappa shape index (κ2) is 16.8. The van der Waals surface area contributed by atoms with Gasteiger partial charge < -0.3 is 5.32 Å². The van der Waals surface area contributed by atoms with E-state index in [9.17, 15) is 0 Å². The highest BCUT2D eigenvalue weighted by molar-refractivity contribution is 6.21. The van der Waals surface area contributed by atoms with Gasteiger partial charge in [-0.15, -0.1) is 0 Å². The maximum absolute atomic E-state index is 5.35. The number of pyridine rings is 3. The van der Waals surface area contributed by atoms with Crippen molar-refractivity contribution in [2.24, 2.45) is 0 Å². The largest absolute Gasteiger partial charge is 0.386 e. The minimum absolute atomic E-state index is 0.644. The number of benzene rings is 7. The zero-order valence-corrected chi connectivity index (χ0v) is 36.9. The van der Waals surface area contributed by atoms with Gasteiger partial charge >= 0.3 is 0 Å². The number of hydrogen-bond donors (Lipinski definition) is 1. The minimum Gasteiger partial charge on any atom is -0.386 e. The van der Waals surface area contributed by atoms with E-state index in [1.54, 1.807) is 6.08 Å². The van der Waals surface area contributed by atoms with E-state index in [0.29, 0.717) is 5.82 Å². The summed E-state index contributed by atoms with van der Waals surface area (Å²) in [6.07, 6.45) is 7.78. The number of nitrogens with one attached hydrogen (secondary N) is 1. The molecule has 0 aliphatic heterocycles. The summed E-state index contributed by atoms with van der Waals surface area (Å²) in [7, 11) is 1.97. The molecule has 11 rings (SSSR count). The lowest BCUT2D eigenvalue weighted by Crippen LogP contribution is -1.99. The Morgan fingerprint density at radius 1 is 0.500 bits per heavy atom. The van der Waals surface area contributed by atoms with Crippen LogP contribution in [0.15, 0.2) is 201 Å². The average molecular weight is 849 g/mol. The third-order valence-electron chi connectivity index (χ3n) is 12.4. The van der Waals surface area contributed by atoms with Gasteiger partial charge in [-0.25, -0.2) is 24.9 Å². The molecule has 0 unspecified atom stereocenters. The summed E-state index contributed by atoms with van der Waals surface area (Å²) >= 11 is 0. The molecule has 0 spiro atoms. The number of fused-ring (bicyclic) bond motifs is 5. The highest BCUT2D eigenvalue weighted by Gasteiger charge is 2.20. The molecule has 6 nitrogen and oxygen atoms in total. The highest BCUT2D eigenvalue weighted by atomic mass is 14.9. The molecule has 0 saturated carbocycles. The van der Waals surface area contributed by atoms with E-state index in [4.69, 9.17) is 24.9 Å². The van der Waals surface area contributed by atoms with Crippen LogP contribution in [0.4, 0.5) is 5.69 Å². The summed E-state index contributed by atoms with van der Waals surface area (Å²) in [6.45, 7) is 8.05. The molecule has 0 aliphatic carbocycles. The van der Waals surface area contributed by atoms with Crippen LogP contribution >= 0.6 is 0 Å². The third kappa shape index (κ3) is 7.15. The molecule has 0 atom stereocenters. The first-order chi connectivity index (χ1) is 32.5. The lowest BCUT2D eigenvalue weighted by atomic mass is 9.88. The maximum atomic E-state index is 5.35. The monoisotopic (exact) mass is 848 g/mol. The number of nitrogens with zero attached hydrogens (tertiary/aromatic N) is 5. The smallest absolute Gasteiger partial charge is 0.160 e. The highest BCUT2D eigenvalue weighted by Crippen LogP contribution is 2.44. The molecule has 0 amide bonds. The zero-order valence-electron chi connectivity index (χ0n) is 36.9. The van der Waals surface area contributed by atoms with Gasteiger partial charge in [0.05, 0.1) is 50.7 Å². The van der Waals surface area contributed by atoms with Crippen molar-refractivity contribution in [3.63, 3.8) is 0 Å². The number of anilines is 1. The summed E-state index contributed by atoms with van der Waals surface area (Å²) in [5, 5.41) is 11.2. The quantitative estimate of drug-likeness (QED) is 0.115. The molecule has 314 valence electrons. The Labute approximate surface area is 383 Å². The van der Waals surface area contributed by atoms with Crippen LogP contribution in [0.3, 0.4) is 0 Å². The number of rotatable bonds is 9. The van der Waals surface area contributed by atoms with Gasteiger partial charge in [0.2, 0.25) is 0 Å². The Morgan fingerprint density at radius 3 is 1.64 bits per heavy atom. The van der Waals surface area contributed by atoms with Gasteiger partial charge in [-0.2, -0.15) is 0 Å². The molecule has 1 N–H and O–H groups in total. The van der Waals surface area contributed by atoms with Gasteiger partial charge in [0.1, 0.15) is 0 Å². The number of hydrogen-bond acceptors (Lipinski definition) is 6. The van der Waals surface area contributed by atoms with Crippen LogP contribution in [-0.2, 0) is 0 Å². The topological polar surface area (TPSA) is 76.5 Å². The van der Waals surface area contributed by atoms with Crippen LogP contribution in [-0.4, -0.2) is 32.0 Å². The maximum Gasteiger partial charge on any atom is 0.160 e. The van der Waals surface area contributed by atoms with Crippen molar-refractivity contribution in [3.8, 4) is 56.4 Å². The van der Waals surface area contributed by atoms with Crippen molar-refractivity contribution in [2.45, 2.75) is 13.8 Å². The van der Waals surface area contributed by atoms with E-state index in [1.807, 2.05) is 74.7 Å². The molecule has 66 heavy (non-hydrogen) atoms. The van der Waals surface area contributed by atoms with Gasteiger partial charge in [0, 0.05) is 39.9 Å². The first-order valence-electron chi connectivity index (χ1n) is 22.2. The fourth-order valence-corrected chi connectivity index (χ4v) is 9.29. The Kier molecular flexibility index (Phi) is 10.2. The Balaban J connectivity index is 0.956. The van der Waals surface area contributed by atoms with Crippen molar-refractivity contribution >= 4 is 65.5 Å². The molecule has 7 aromatic carbocycles. The van der Waals surface area contributed by atoms with Crippen molar-refractivity contribution in [2.75, 3.05) is 12.4 Å². The van der Waals surface area contributed by atoms with Gasteiger partial charge in [-0.1, -0.05) is 152 Å². The summed E-state index contributed by atoms with van der Waals surface area (Å²) < 4.78 is 0. The molecule has 0 aliphatic rings. The lowest BCUT2D eigenvalue weighted by molar-refractivity contribution is 1.15. The lowest BCUT2D eigenvalue weighted by Gasteiger charge is -2.18. The minimum atomic E-state index is 0.644. The molecule has 4 aromatic heterocycles.